The Hall–Kier alpha value is -2.65. The summed E-state index contributed by atoms with van der Waals surface area (Å²) in [4.78, 5) is 1.31. The van der Waals surface area contributed by atoms with Crippen LogP contribution in [0.1, 0.15) is 41.5 Å². The van der Waals surface area contributed by atoms with Crippen LogP contribution >= 0.6 is 11.8 Å². The van der Waals surface area contributed by atoms with Crippen molar-refractivity contribution in [3.8, 4) is 5.75 Å². The highest BCUT2D eigenvalue weighted by molar-refractivity contribution is 7.98. The van der Waals surface area contributed by atoms with Crippen LogP contribution < -0.4 is 10.1 Å². The quantitative estimate of drug-likeness (QED) is 0.244. The molecular formula is C28H29NOS. The van der Waals surface area contributed by atoms with Crippen molar-refractivity contribution in [2.24, 2.45) is 5.92 Å². The van der Waals surface area contributed by atoms with Crippen LogP contribution in [0.4, 0.5) is 5.69 Å². The SMILES string of the molecule is CSc1ccc(C2Nc3c(OCCCc4ccccc4)cccc3C3C=CCC32)cc1. The standard InChI is InChI=1S/C28H29NOS/c1-31-22-17-15-21(16-18-22)27-24-12-5-11-23(24)25-13-6-14-26(28(25)29-27)30-19-7-10-20-8-3-2-4-9-20/h2-6,8-9,11,13-18,23-24,27,29H,7,10,12,19H2,1H3. The molecule has 3 aromatic rings. The molecule has 0 bridgehead atoms. The minimum atomic E-state index is 0.303. The van der Waals surface area contributed by atoms with Gasteiger partial charge in [-0.2, -0.15) is 0 Å². The molecule has 3 unspecified atom stereocenters. The smallest absolute Gasteiger partial charge is 0.142 e. The molecule has 1 aliphatic heterocycles. The molecule has 0 amide bonds. The number of aryl methyl sites for hydroxylation is 1. The largest absolute Gasteiger partial charge is 0.491 e. The van der Waals surface area contributed by atoms with Crippen LogP contribution in [0.15, 0.2) is 89.8 Å². The topological polar surface area (TPSA) is 21.3 Å². The van der Waals surface area contributed by atoms with E-state index in [0.717, 1.165) is 31.6 Å². The molecule has 3 aromatic carbocycles. The molecule has 0 spiro atoms. The predicted octanol–water partition coefficient (Wildman–Crippen LogP) is 7.25. The Morgan fingerprint density at radius 2 is 1.81 bits per heavy atom. The monoisotopic (exact) mass is 427 g/mol. The zero-order chi connectivity index (χ0) is 21.0. The summed E-state index contributed by atoms with van der Waals surface area (Å²) in [5.74, 6) is 1.99. The summed E-state index contributed by atoms with van der Waals surface area (Å²) < 4.78 is 6.31. The first-order valence-electron chi connectivity index (χ1n) is 11.2. The second kappa shape index (κ2) is 9.23. The third-order valence-corrected chi connectivity index (χ3v) is 7.29. The molecule has 0 saturated heterocycles. The normalized spacial score (nSPS) is 21.3. The molecule has 0 radical (unpaired) electrons. The van der Waals surface area contributed by atoms with Crippen LogP contribution in [0.5, 0.6) is 5.75 Å². The summed E-state index contributed by atoms with van der Waals surface area (Å²) in [6, 6.07) is 26.5. The molecule has 0 saturated carbocycles. The lowest BCUT2D eigenvalue weighted by Gasteiger charge is -2.38. The molecule has 2 aliphatic rings. The van der Waals surface area contributed by atoms with Gasteiger partial charge in [-0.1, -0.05) is 66.7 Å². The van der Waals surface area contributed by atoms with Gasteiger partial charge in [-0.3, -0.25) is 0 Å². The molecule has 1 N–H and O–H groups in total. The maximum absolute atomic E-state index is 6.31. The van der Waals surface area contributed by atoms with Gasteiger partial charge < -0.3 is 10.1 Å². The number of hydrogen-bond acceptors (Lipinski definition) is 3. The van der Waals surface area contributed by atoms with Crippen LogP contribution in [0, 0.1) is 5.92 Å². The Bertz CT molecular complexity index is 1040. The number of benzene rings is 3. The van der Waals surface area contributed by atoms with Crippen LogP contribution in [0.3, 0.4) is 0 Å². The number of anilines is 1. The van der Waals surface area contributed by atoms with E-state index in [9.17, 15) is 0 Å². The summed E-state index contributed by atoms with van der Waals surface area (Å²) in [7, 11) is 0. The highest BCUT2D eigenvalue weighted by Crippen LogP contribution is 2.52. The van der Waals surface area contributed by atoms with Gasteiger partial charge in [0.25, 0.3) is 0 Å². The van der Waals surface area contributed by atoms with Crippen LogP contribution in [0.25, 0.3) is 0 Å². The summed E-state index contributed by atoms with van der Waals surface area (Å²) >= 11 is 1.79. The van der Waals surface area contributed by atoms with Crippen molar-refractivity contribution >= 4 is 17.4 Å². The molecule has 3 heteroatoms. The van der Waals surface area contributed by atoms with E-state index in [0.29, 0.717) is 17.9 Å². The predicted molar refractivity (Wildman–Crippen MR) is 131 cm³/mol. The summed E-state index contributed by atoms with van der Waals surface area (Å²) in [6.45, 7) is 0.726. The second-order valence-corrected chi connectivity index (χ2v) is 9.29. The van der Waals surface area contributed by atoms with Crippen LogP contribution in [-0.2, 0) is 6.42 Å². The fraction of sp³-hybridized carbons (Fsp3) is 0.286. The van der Waals surface area contributed by atoms with Gasteiger partial charge in [-0.25, -0.2) is 0 Å². The van der Waals surface area contributed by atoms with Crippen LogP contribution in [-0.4, -0.2) is 12.9 Å². The van der Waals surface area contributed by atoms with Gasteiger partial charge in [-0.05, 0) is 66.3 Å². The minimum absolute atomic E-state index is 0.303. The van der Waals surface area contributed by atoms with Crippen molar-refractivity contribution in [3.05, 3.63) is 102 Å². The minimum Gasteiger partial charge on any atom is -0.491 e. The number of ether oxygens (including phenoxy) is 1. The molecule has 5 rings (SSSR count). The third kappa shape index (κ3) is 4.24. The average Bonchev–Trinajstić information content (AvgIpc) is 3.32. The Kier molecular flexibility index (Phi) is 6.04. The van der Waals surface area contributed by atoms with E-state index in [1.165, 1.54) is 27.3 Å². The zero-order valence-corrected chi connectivity index (χ0v) is 18.8. The van der Waals surface area contributed by atoms with Gasteiger partial charge in [0.1, 0.15) is 5.75 Å². The molecule has 158 valence electrons. The first-order valence-corrected chi connectivity index (χ1v) is 12.4. The highest BCUT2D eigenvalue weighted by atomic mass is 32.2. The number of rotatable bonds is 7. The first-order chi connectivity index (χ1) is 15.3. The Labute approximate surface area is 189 Å². The van der Waals surface area contributed by atoms with Gasteiger partial charge in [0.15, 0.2) is 0 Å². The number of hydrogen-bond donors (Lipinski definition) is 1. The van der Waals surface area contributed by atoms with Crippen molar-refractivity contribution in [2.75, 3.05) is 18.2 Å². The lowest BCUT2D eigenvalue weighted by Crippen LogP contribution is -2.29. The zero-order valence-electron chi connectivity index (χ0n) is 18.0. The van der Waals surface area contributed by atoms with E-state index >= 15 is 0 Å². The molecule has 3 atom stereocenters. The fourth-order valence-electron chi connectivity index (χ4n) is 4.96. The molecular weight excluding hydrogens is 398 g/mol. The molecule has 2 nitrogen and oxygen atoms in total. The van der Waals surface area contributed by atoms with Crippen molar-refractivity contribution in [2.45, 2.75) is 36.1 Å². The summed E-state index contributed by atoms with van der Waals surface area (Å²) in [5, 5.41) is 3.88. The fourth-order valence-corrected chi connectivity index (χ4v) is 5.37. The van der Waals surface area contributed by atoms with E-state index < -0.39 is 0 Å². The first kappa shape index (κ1) is 20.3. The van der Waals surface area contributed by atoms with Crippen molar-refractivity contribution in [1.29, 1.82) is 0 Å². The van der Waals surface area contributed by atoms with Gasteiger partial charge in [0, 0.05) is 10.8 Å². The van der Waals surface area contributed by atoms with Crippen molar-refractivity contribution in [3.63, 3.8) is 0 Å². The van der Waals surface area contributed by atoms with Gasteiger partial charge in [0.2, 0.25) is 0 Å². The summed E-state index contributed by atoms with van der Waals surface area (Å²) in [5.41, 5.74) is 5.28. The maximum atomic E-state index is 6.31. The number of nitrogens with one attached hydrogen (secondary N) is 1. The van der Waals surface area contributed by atoms with Gasteiger partial charge in [-0.15, -0.1) is 11.8 Å². The van der Waals surface area contributed by atoms with Crippen molar-refractivity contribution in [1.82, 2.24) is 0 Å². The molecule has 0 fully saturated rings. The van der Waals surface area contributed by atoms with E-state index in [-0.39, 0.29) is 0 Å². The number of para-hydroxylation sites is 1. The molecule has 0 aromatic heterocycles. The van der Waals surface area contributed by atoms with Crippen molar-refractivity contribution < 1.29 is 4.74 Å². The molecule has 1 aliphatic carbocycles. The van der Waals surface area contributed by atoms with E-state index in [4.69, 9.17) is 4.74 Å². The number of thioether (sulfide) groups is 1. The molecule has 31 heavy (non-hydrogen) atoms. The van der Waals surface area contributed by atoms with Gasteiger partial charge >= 0.3 is 0 Å². The van der Waals surface area contributed by atoms with Gasteiger partial charge in [0.05, 0.1) is 18.3 Å². The third-order valence-electron chi connectivity index (χ3n) is 6.54. The Morgan fingerprint density at radius 3 is 2.61 bits per heavy atom. The summed E-state index contributed by atoms with van der Waals surface area (Å²) in [6.07, 6.45) is 10.0. The van der Waals surface area contributed by atoms with E-state index in [2.05, 4.69) is 96.5 Å². The number of fused-ring (bicyclic) bond motifs is 3. The van der Waals surface area contributed by atoms with E-state index in [1.54, 1.807) is 11.8 Å². The Balaban J connectivity index is 1.35. The lowest BCUT2D eigenvalue weighted by molar-refractivity contribution is 0.309. The number of allylic oxidation sites excluding steroid dienone is 2. The maximum Gasteiger partial charge on any atom is 0.142 e. The second-order valence-electron chi connectivity index (χ2n) is 8.41. The lowest BCUT2D eigenvalue weighted by atomic mass is 9.77. The average molecular weight is 428 g/mol. The van der Waals surface area contributed by atoms with E-state index in [1.807, 2.05) is 0 Å². The Morgan fingerprint density at radius 1 is 0.968 bits per heavy atom. The van der Waals surface area contributed by atoms with Crippen LogP contribution in [0.2, 0.25) is 0 Å². The highest BCUT2D eigenvalue weighted by Gasteiger charge is 2.38. The molecule has 1 heterocycles.